The molecule has 2 nitrogen and oxygen atoms in total. The molecule has 0 N–H and O–H groups in total. The third-order valence-corrected chi connectivity index (χ3v) is 1.83. The topological polar surface area (TPSA) is 21.8 Å². The van der Waals surface area contributed by atoms with Crippen molar-refractivity contribution >= 4 is 0 Å². The Morgan fingerprint density at radius 1 is 1.58 bits per heavy atom. The van der Waals surface area contributed by atoms with Gasteiger partial charge in [0.05, 0.1) is 6.61 Å². The molecule has 1 aliphatic rings. The lowest BCUT2D eigenvalue weighted by Gasteiger charge is -2.03. The third kappa shape index (κ3) is 1.98. The van der Waals surface area contributed by atoms with Gasteiger partial charge in [0, 0.05) is 0 Å². The molecular weight excluding hydrogens is 152 g/mol. The van der Waals surface area contributed by atoms with Gasteiger partial charge in [0.1, 0.15) is 18.5 Å². The molecule has 12 heavy (non-hydrogen) atoms. The van der Waals surface area contributed by atoms with Crippen molar-refractivity contribution in [1.29, 1.82) is 0 Å². The summed E-state index contributed by atoms with van der Waals surface area (Å²) in [7, 11) is 0. The van der Waals surface area contributed by atoms with E-state index in [1.807, 2.05) is 18.2 Å². The van der Waals surface area contributed by atoms with Crippen LogP contribution in [0.3, 0.4) is 0 Å². The number of ether oxygens (including phenoxy) is 2. The Hall–Kier alpha value is -1.02. The van der Waals surface area contributed by atoms with Crippen LogP contribution >= 0.6 is 0 Å². The van der Waals surface area contributed by atoms with Crippen molar-refractivity contribution in [3.8, 4) is 5.75 Å². The number of rotatable bonds is 3. The average molecular weight is 164 g/mol. The zero-order valence-corrected chi connectivity index (χ0v) is 7.12. The summed E-state index contributed by atoms with van der Waals surface area (Å²) in [4.78, 5) is 0. The van der Waals surface area contributed by atoms with E-state index in [4.69, 9.17) is 9.47 Å². The van der Waals surface area contributed by atoms with Crippen LogP contribution in [-0.4, -0.2) is 19.3 Å². The van der Waals surface area contributed by atoms with Gasteiger partial charge in [-0.25, -0.2) is 0 Å². The van der Waals surface area contributed by atoms with Crippen LogP contribution in [0, 0.1) is 6.92 Å². The second kappa shape index (κ2) is 3.15. The molecule has 64 valence electrons. The molecule has 0 amide bonds. The monoisotopic (exact) mass is 164 g/mol. The zero-order valence-electron chi connectivity index (χ0n) is 7.12. The first-order valence-corrected chi connectivity index (χ1v) is 4.16. The number of benzene rings is 1. The smallest absolute Gasteiger partial charge is 0.119 e. The highest BCUT2D eigenvalue weighted by Gasteiger charge is 2.22. The van der Waals surface area contributed by atoms with Crippen molar-refractivity contribution < 1.29 is 9.47 Å². The second-order valence-corrected chi connectivity index (χ2v) is 3.08. The van der Waals surface area contributed by atoms with Gasteiger partial charge < -0.3 is 9.47 Å². The van der Waals surface area contributed by atoms with Crippen molar-refractivity contribution in [1.82, 2.24) is 0 Å². The molecule has 0 aromatic heterocycles. The van der Waals surface area contributed by atoms with Gasteiger partial charge in [0.15, 0.2) is 0 Å². The van der Waals surface area contributed by atoms with Gasteiger partial charge in [-0.1, -0.05) is 12.1 Å². The first-order chi connectivity index (χ1) is 5.84. The van der Waals surface area contributed by atoms with Gasteiger partial charge in [0.25, 0.3) is 0 Å². The molecule has 1 aromatic carbocycles. The summed E-state index contributed by atoms with van der Waals surface area (Å²) in [6, 6.07) is 8.05. The minimum atomic E-state index is 0.338. The van der Waals surface area contributed by atoms with Gasteiger partial charge in [-0.05, 0) is 24.6 Å². The van der Waals surface area contributed by atoms with Crippen LogP contribution in [0.1, 0.15) is 5.56 Å². The molecule has 2 heteroatoms. The van der Waals surface area contributed by atoms with Crippen LogP contribution in [0.2, 0.25) is 0 Å². The van der Waals surface area contributed by atoms with Crippen LogP contribution in [-0.2, 0) is 4.74 Å². The first-order valence-electron chi connectivity index (χ1n) is 4.16. The second-order valence-electron chi connectivity index (χ2n) is 3.08. The van der Waals surface area contributed by atoms with Gasteiger partial charge in [-0.15, -0.1) is 0 Å². The third-order valence-electron chi connectivity index (χ3n) is 1.83. The zero-order chi connectivity index (χ0) is 8.39. The van der Waals surface area contributed by atoms with E-state index in [-0.39, 0.29) is 0 Å². The lowest BCUT2D eigenvalue weighted by molar-refractivity contribution is 0.263. The van der Waals surface area contributed by atoms with Gasteiger partial charge >= 0.3 is 0 Å². The normalized spacial score (nSPS) is 20.6. The molecule has 1 saturated heterocycles. The highest BCUT2D eigenvalue weighted by molar-refractivity contribution is 5.27. The van der Waals surface area contributed by atoms with Crippen molar-refractivity contribution in [2.75, 3.05) is 13.2 Å². The number of hydrogen-bond acceptors (Lipinski definition) is 2. The standard InChI is InChI=1S/C10H12O2/c1-8-3-2-4-9(5-8)11-6-10-7-12-10/h2-5,10H,6-7H2,1H3/t10-/m1/s1. The van der Waals surface area contributed by atoms with Crippen LogP contribution in [0.25, 0.3) is 0 Å². The maximum Gasteiger partial charge on any atom is 0.119 e. The fourth-order valence-corrected chi connectivity index (χ4v) is 1.06. The predicted molar refractivity (Wildman–Crippen MR) is 46.4 cm³/mol. The van der Waals surface area contributed by atoms with E-state index in [9.17, 15) is 0 Å². The molecular formula is C10H12O2. The van der Waals surface area contributed by atoms with Gasteiger partial charge in [0.2, 0.25) is 0 Å². The fraction of sp³-hybridized carbons (Fsp3) is 0.400. The lowest BCUT2D eigenvalue weighted by Crippen LogP contribution is -2.03. The first kappa shape index (κ1) is 7.62. The largest absolute Gasteiger partial charge is 0.491 e. The summed E-state index contributed by atoms with van der Waals surface area (Å²) in [6.45, 7) is 3.59. The number of aryl methyl sites for hydroxylation is 1. The molecule has 1 aliphatic heterocycles. The van der Waals surface area contributed by atoms with Crippen LogP contribution in [0.15, 0.2) is 24.3 Å². The predicted octanol–water partition coefficient (Wildman–Crippen LogP) is 1.77. The summed E-state index contributed by atoms with van der Waals surface area (Å²) in [6.07, 6.45) is 0.338. The molecule has 1 heterocycles. The van der Waals surface area contributed by atoms with Gasteiger partial charge in [-0.3, -0.25) is 0 Å². The molecule has 2 rings (SSSR count). The van der Waals surface area contributed by atoms with E-state index >= 15 is 0 Å². The summed E-state index contributed by atoms with van der Waals surface area (Å²) >= 11 is 0. The Labute approximate surface area is 72.1 Å². The minimum Gasteiger partial charge on any atom is -0.491 e. The summed E-state index contributed by atoms with van der Waals surface area (Å²) in [5.74, 6) is 0.936. The number of epoxide rings is 1. The molecule has 0 spiro atoms. The maximum absolute atomic E-state index is 5.49. The molecule has 1 fully saturated rings. The molecule has 0 unspecified atom stereocenters. The summed E-state index contributed by atoms with van der Waals surface area (Å²) in [5.41, 5.74) is 1.23. The Morgan fingerprint density at radius 2 is 2.42 bits per heavy atom. The van der Waals surface area contributed by atoms with Crippen molar-refractivity contribution in [2.24, 2.45) is 0 Å². The quantitative estimate of drug-likeness (QED) is 0.635. The summed E-state index contributed by atoms with van der Waals surface area (Å²) < 4.78 is 10.5. The fourth-order valence-electron chi connectivity index (χ4n) is 1.06. The highest BCUT2D eigenvalue weighted by atomic mass is 16.6. The van der Waals surface area contributed by atoms with Crippen LogP contribution < -0.4 is 4.74 Å². The molecule has 0 aliphatic carbocycles. The van der Waals surface area contributed by atoms with Gasteiger partial charge in [-0.2, -0.15) is 0 Å². The Balaban J connectivity index is 1.92. The van der Waals surface area contributed by atoms with E-state index in [1.165, 1.54) is 5.56 Å². The molecule has 1 atom stereocenters. The SMILES string of the molecule is Cc1cccc(OC[C@@H]2CO2)c1. The highest BCUT2D eigenvalue weighted by Crippen LogP contribution is 2.15. The average Bonchev–Trinajstić information content (AvgIpc) is 2.84. The van der Waals surface area contributed by atoms with Crippen molar-refractivity contribution in [3.63, 3.8) is 0 Å². The summed E-state index contributed by atoms with van der Waals surface area (Å²) in [5, 5.41) is 0. The van der Waals surface area contributed by atoms with E-state index in [2.05, 4.69) is 13.0 Å². The van der Waals surface area contributed by atoms with E-state index in [0.29, 0.717) is 12.7 Å². The van der Waals surface area contributed by atoms with Crippen molar-refractivity contribution in [3.05, 3.63) is 29.8 Å². The maximum atomic E-state index is 5.49. The lowest BCUT2D eigenvalue weighted by atomic mass is 10.2. The van der Waals surface area contributed by atoms with Crippen molar-refractivity contribution in [2.45, 2.75) is 13.0 Å². The Bertz CT molecular complexity index is 266. The minimum absolute atomic E-state index is 0.338. The van der Waals surface area contributed by atoms with E-state index in [0.717, 1.165) is 12.4 Å². The van der Waals surface area contributed by atoms with E-state index in [1.54, 1.807) is 0 Å². The molecule has 0 radical (unpaired) electrons. The Kier molecular flexibility index (Phi) is 2.00. The molecule has 0 bridgehead atoms. The number of hydrogen-bond donors (Lipinski definition) is 0. The van der Waals surface area contributed by atoms with Crippen LogP contribution in [0.4, 0.5) is 0 Å². The molecule has 0 saturated carbocycles. The van der Waals surface area contributed by atoms with Crippen LogP contribution in [0.5, 0.6) is 5.75 Å². The Morgan fingerprint density at radius 3 is 3.08 bits per heavy atom. The molecule has 1 aromatic rings. The van der Waals surface area contributed by atoms with E-state index < -0.39 is 0 Å².